The predicted molar refractivity (Wildman–Crippen MR) is 56.9 cm³/mol. The van der Waals surface area contributed by atoms with Gasteiger partial charge in [-0.25, -0.2) is 0 Å². The van der Waals surface area contributed by atoms with Gasteiger partial charge < -0.3 is 15.1 Å². The summed E-state index contributed by atoms with van der Waals surface area (Å²) >= 11 is 0. The summed E-state index contributed by atoms with van der Waals surface area (Å²) in [6.45, 7) is 5.26. The molecule has 1 aliphatic rings. The van der Waals surface area contributed by atoms with Gasteiger partial charge in [0.15, 0.2) is 0 Å². The van der Waals surface area contributed by atoms with Crippen molar-refractivity contribution in [3.63, 3.8) is 0 Å². The number of hydrogen-bond acceptors (Lipinski definition) is 4. The number of carboxylic acids is 1. The Hall–Kier alpha value is -1.36. The second-order valence-corrected chi connectivity index (χ2v) is 3.55. The molecule has 2 atom stereocenters. The van der Waals surface area contributed by atoms with Gasteiger partial charge in [-0.1, -0.05) is 6.08 Å². The summed E-state index contributed by atoms with van der Waals surface area (Å²) in [7, 11) is 0. The second-order valence-electron chi connectivity index (χ2n) is 3.55. The average Bonchev–Trinajstić information content (AvgIpc) is 2.65. The first-order valence-corrected chi connectivity index (χ1v) is 4.91. The highest BCUT2D eigenvalue weighted by Gasteiger charge is 2.26. The summed E-state index contributed by atoms with van der Waals surface area (Å²) in [5.74, 6) is -1.77. The normalized spacial score (nSPS) is 18.9. The molecule has 0 aromatic heterocycles. The van der Waals surface area contributed by atoms with Crippen molar-refractivity contribution >= 4 is 12.3 Å². The molecule has 2 N–H and O–H groups in total. The van der Waals surface area contributed by atoms with Crippen molar-refractivity contribution in [3.8, 4) is 0 Å². The van der Waals surface area contributed by atoms with Gasteiger partial charge in [-0.05, 0) is 6.42 Å². The molecule has 0 aliphatic carbocycles. The highest BCUT2D eigenvalue weighted by molar-refractivity contribution is 5.71. The predicted octanol–water partition coefficient (Wildman–Crippen LogP) is -0.0319. The van der Waals surface area contributed by atoms with Crippen molar-refractivity contribution in [3.05, 3.63) is 12.7 Å². The monoisotopic (exact) mass is 212 g/mol. The maximum atomic E-state index is 10.8. The molecular weight excluding hydrogens is 196 g/mol. The van der Waals surface area contributed by atoms with Crippen LogP contribution in [0.1, 0.15) is 6.42 Å². The van der Waals surface area contributed by atoms with Crippen molar-refractivity contribution in [1.29, 1.82) is 0 Å². The maximum absolute atomic E-state index is 10.8. The van der Waals surface area contributed by atoms with Crippen LogP contribution in [0, 0.1) is 5.92 Å². The van der Waals surface area contributed by atoms with E-state index in [-0.39, 0.29) is 6.42 Å². The Morgan fingerprint density at radius 2 is 2.47 bits per heavy atom. The van der Waals surface area contributed by atoms with Gasteiger partial charge in [0, 0.05) is 13.1 Å². The van der Waals surface area contributed by atoms with E-state index in [0.29, 0.717) is 13.1 Å². The summed E-state index contributed by atoms with van der Waals surface area (Å²) in [5.41, 5.74) is 0. The molecule has 0 radical (unpaired) electrons. The molecule has 2 unspecified atom stereocenters. The topological polar surface area (TPSA) is 73.1 Å². The number of aliphatic imine (C=N–C) groups is 1. The van der Waals surface area contributed by atoms with Crippen LogP contribution < -0.4 is 0 Å². The number of aliphatic hydroxyl groups excluding tert-OH is 1. The van der Waals surface area contributed by atoms with Crippen LogP contribution in [0.2, 0.25) is 0 Å². The van der Waals surface area contributed by atoms with E-state index >= 15 is 0 Å². The number of β-amino-alcohol motifs (C(OH)–C–C–N with tert-alkyl or cyclic N) is 1. The van der Waals surface area contributed by atoms with Gasteiger partial charge in [0.25, 0.3) is 0 Å². The molecule has 5 heteroatoms. The molecule has 0 aromatic carbocycles. The molecule has 1 aliphatic heterocycles. The van der Waals surface area contributed by atoms with Gasteiger partial charge in [0.2, 0.25) is 0 Å². The summed E-state index contributed by atoms with van der Waals surface area (Å²) in [4.78, 5) is 16.7. The molecule has 1 heterocycles. The molecule has 15 heavy (non-hydrogen) atoms. The van der Waals surface area contributed by atoms with Crippen LogP contribution in [0.5, 0.6) is 0 Å². The van der Waals surface area contributed by atoms with Crippen LogP contribution in [-0.2, 0) is 4.79 Å². The Bertz CT molecular complexity index is 265. The van der Waals surface area contributed by atoms with Crippen molar-refractivity contribution in [2.45, 2.75) is 12.5 Å². The van der Waals surface area contributed by atoms with Gasteiger partial charge in [-0.3, -0.25) is 9.79 Å². The smallest absolute Gasteiger partial charge is 0.309 e. The third kappa shape index (κ3) is 3.36. The molecule has 0 spiro atoms. The average molecular weight is 212 g/mol. The fourth-order valence-electron chi connectivity index (χ4n) is 1.53. The third-order valence-electron chi connectivity index (χ3n) is 2.39. The zero-order chi connectivity index (χ0) is 11.3. The van der Waals surface area contributed by atoms with E-state index in [1.165, 1.54) is 6.08 Å². The van der Waals surface area contributed by atoms with Crippen LogP contribution in [0.4, 0.5) is 0 Å². The zero-order valence-corrected chi connectivity index (χ0v) is 8.54. The Balaban J connectivity index is 2.47. The van der Waals surface area contributed by atoms with Crippen LogP contribution in [0.3, 0.4) is 0 Å². The summed E-state index contributed by atoms with van der Waals surface area (Å²) < 4.78 is 0. The lowest BCUT2D eigenvalue weighted by Crippen LogP contribution is -2.38. The van der Waals surface area contributed by atoms with Crippen molar-refractivity contribution in [2.75, 3.05) is 19.6 Å². The van der Waals surface area contributed by atoms with Gasteiger partial charge in [0.05, 0.1) is 24.9 Å². The van der Waals surface area contributed by atoms with Crippen LogP contribution in [0.15, 0.2) is 17.6 Å². The molecule has 1 rings (SSSR count). The summed E-state index contributed by atoms with van der Waals surface area (Å²) in [6.07, 6.45) is 2.56. The number of nitrogens with zero attached hydrogens (tertiary/aromatic N) is 2. The lowest BCUT2D eigenvalue weighted by atomic mass is 9.98. The molecular formula is C10H16N2O3. The van der Waals surface area contributed by atoms with E-state index in [1.807, 2.05) is 4.90 Å². The van der Waals surface area contributed by atoms with Crippen LogP contribution >= 0.6 is 0 Å². The molecule has 84 valence electrons. The van der Waals surface area contributed by atoms with Crippen molar-refractivity contribution < 1.29 is 15.0 Å². The van der Waals surface area contributed by atoms with E-state index in [2.05, 4.69) is 11.6 Å². The Morgan fingerprint density at radius 3 is 2.93 bits per heavy atom. The van der Waals surface area contributed by atoms with Gasteiger partial charge >= 0.3 is 5.97 Å². The fourth-order valence-corrected chi connectivity index (χ4v) is 1.53. The zero-order valence-electron chi connectivity index (χ0n) is 8.54. The number of carbonyl (C=O) groups is 1. The third-order valence-corrected chi connectivity index (χ3v) is 2.39. The quantitative estimate of drug-likeness (QED) is 0.606. The Morgan fingerprint density at radius 1 is 1.73 bits per heavy atom. The lowest BCUT2D eigenvalue weighted by molar-refractivity contribution is -0.145. The van der Waals surface area contributed by atoms with Gasteiger partial charge in [0.1, 0.15) is 0 Å². The van der Waals surface area contributed by atoms with E-state index < -0.39 is 18.0 Å². The number of hydrogen-bond donors (Lipinski definition) is 2. The highest BCUT2D eigenvalue weighted by atomic mass is 16.4. The lowest BCUT2D eigenvalue weighted by Gasteiger charge is -2.22. The number of aliphatic carboxylic acids is 1. The maximum Gasteiger partial charge on any atom is 0.309 e. The minimum Gasteiger partial charge on any atom is -0.481 e. The fraction of sp³-hybridized carbons (Fsp3) is 0.600. The molecule has 0 amide bonds. The van der Waals surface area contributed by atoms with E-state index in [4.69, 9.17) is 5.11 Å². The second kappa shape index (κ2) is 5.50. The van der Waals surface area contributed by atoms with Crippen molar-refractivity contribution in [1.82, 2.24) is 4.90 Å². The Kier molecular flexibility index (Phi) is 4.30. The number of rotatable bonds is 6. The van der Waals surface area contributed by atoms with E-state index in [0.717, 1.165) is 6.54 Å². The van der Waals surface area contributed by atoms with E-state index in [9.17, 15) is 9.90 Å². The molecule has 5 nitrogen and oxygen atoms in total. The molecule has 0 saturated carbocycles. The van der Waals surface area contributed by atoms with Gasteiger partial charge in [-0.2, -0.15) is 0 Å². The molecule has 0 bridgehead atoms. The number of aliphatic hydroxyl groups is 1. The summed E-state index contributed by atoms with van der Waals surface area (Å²) in [6, 6.07) is 0. The molecule has 0 aromatic rings. The standard InChI is InChI=1S/C10H16N2O3/c1-2-3-8(10(14)15)9(13)6-12-5-4-11-7-12/h2,7-9,13H,1,3-6H2,(H,14,15). The minimum absolute atomic E-state index is 0.279. The van der Waals surface area contributed by atoms with Crippen molar-refractivity contribution in [2.24, 2.45) is 10.9 Å². The Labute approximate surface area is 88.7 Å². The number of carboxylic acid groups (broad SMARTS) is 1. The van der Waals surface area contributed by atoms with Crippen LogP contribution in [-0.4, -0.2) is 53.2 Å². The van der Waals surface area contributed by atoms with Gasteiger partial charge in [-0.15, -0.1) is 6.58 Å². The van der Waals surface area contributed by atoms with E-state index in [1.54, 1.807) is 6.34 Å². The largest absolute Gasteiger partial charge is 0.481 e. The molecule has 0 saturated heterocycles. The first-order valence-electron chi connectivity index (χ1n) is 4.91. The van der Waals surface area contributed by atoms with Crippen LogP contribution in [0.25, 0.3) is 0 Å². The molecule has 0 fully saturated rings. The highest BCUT2D eigenvalue weighted by Crippen LogP contribution is 2.12. The first-order chi connectivity index (χ1) is 7.15. The number of allylic oxidation sites excluding steroid dienone is 1. The minimum atomic E-state index is -0.987. The SMILES string of the molecule is C=CCC(C(=O)O)C(O)CN1C=NCC1. The first kappa shape index (κ1) is 11.7. The summed E-state index contributed by atoms with van der Waals surface area (Å²) in [5, 5.41) is 18.6.